The third-order valence-electron chi connectivity index (χ3n) is 3.47. The van der Waals surface area contributed by atoms with Crippen LogP contribution in [0.25, 0.3) is 0 Å². The zero-order valence-corrected chi connectivity index (χ0v) is 11.9. The van der Waals surface area contributed by atoms with E-state index in [9.17, 15) is 8.42 Å². The van der Waals surface area contributed by atoms with Gasteiger partial charge in [0, 0.05) is 12.6 Å². The fourth-order valence-corrected chi connectivity index (χ4v) is 3.78. The van der Waals surface area contributed by atoms with Crippen molar-refractivity contribution in [2.45, 2.75) is 50.6 Å². The number of sulfonamides is 1. The second kappa shape index (κ2) is 5.86. The van der Waals surface area contributed by atoms with Crippen molar-refractivity contribution in [2.24, 2.45) is 0 Å². The highest BCUT2D eigenvalue weighted by Crippen LogP contribution is 2.19. The fourth-order valence-electron chi connectivity index (χ4n) is 2.18. The van der Waals surface area contributed by atoms with Crippen molar-refractivity contribution in [1.82, 2.24) is 10.0 Å². The van der Waals surface area contributed by atoms with Gasteiger partial charge in [0.15, 0.2) is 0 Å². The van der Waals surface area contributed by atoms with Crippen LogP contribution in [0.4, 0.5) is 0 Å². The Morgan fingerprint density at radius 3 is 2.72 bits per heavy atom. The average Bonchev–Trinajstić information content (AvgIpc) is 3.00. The molecule has 1 aliphatic heterocycles. The first-order valence-corrected chi connectivity index (χ1v) is 8.47. The second-order valence-electron chi connectivity index (χ2n) is 5.72. The molecule has 0 amide bonds. The summed E-state index contributed by atoms with van der Waals surface area (Å²) in [7, 11) is -3.17. The highest BCUT2D eigenvalue weighted by atomic mass is 32.2. The fraction of sp³-hybridized carbons (Fsp3) is 1.00. The van der Waals surface area contributed by atoms with Gasteiger partial charge in [-0.05, 0) is 45.6 Å². The molecule has 0 bridgehead atoms. The van der Waals surface area contributed by atoms with Crippen LogP contribution in [0.5, 0.6) is 0 Å². The van der Waals surface area contributed by atoms with Gasteiger partial charge in [-0.25, -0.2) is 13.1 Å². The smallest absolute Gasteiger partial charge is 0.212 e. The lowest BCUT2D eigenvalue weighted by molar-refractivity contribution is 0.178. The van der Waals surface area contributed by atoms with Crippen LogP contribution in [0.1, 0.15) is 39.0 Å². The standard InChI is InChI=1S/C12H24N2O3S/c1-12(6-8-17-10-12)14-18(15,16)9-3-2-7-13-11-4-5-11/h11,13-14H,2-10H2,1H3. The van der Waals surface area contributed by atoms with E-state index >= 15 is 0 Å². The SMILES string of the molecule is CC1(NS(=O)(=O)CCCCNC2CC2)CCOC1. The Balaban J connectivity index is 1.63. The molecular formula is C12H24N2O3S. The highest BCUT2D eigenvalue weighted by Gasteiger charge is 2.33. The molecule has 18 heavy (non-hydrogen) atoms. The van der Waals surface area contributed by atoms with Crippen LogP contribution in [-0.4, -0.2) is 45.5 Å². The van der Waals surface area contributed by atoms with Gasteiger partial charge in [-0.3, -0.25) is 0 Å². The molecule has 1 unspecified atom stereocenters. The maximum atomic E-state index is 11.9. The van der Waals surface area contributed by atoms with E-state index in [2.05, 4.69) is 10.0 Å². The van der Waals surface area contributed by atoms with Crippen LogP contribution in [0.15, 0.2) is 0 Å². The molecule has 1 saturated heterocycles. The topological polar surface area (TPSA) is 67.4 Å². The number of hydrogen-bond acceptors (Lipinski definition) is 4. The first-order valence-electron chi connectivity index (χ1n) is 6.82. The van der Waals surface area contributed by atoms with Gasteiger partial charge in [0.25, 0.3) is 0 Å². The van der Waals surface area contributed by atoms with E-state index in [4.69, 9.17) is 4.74 Å². The Labute approximate surface area is 110 Å². The molecule has 1 atom stereocenters. The Morgan fingerprint density at radius 2 is 2.11 bits per heavy atom. The molecule has 1 heterocycles. The minimum absolute atomic E-state index is 0.217. The zero-order valence-electron chi connectivity index (χ0n) is 11.1. The first-order chi connectivity index (χ1) is 8.49. The van der Waals surface area contributed by atoms with Crippen LogP contribution in [-0.2, 0) is 14.8 Å². The maximum Gasteiger partial charge on any atom is 0.212 e. The lowest BCUT2D eigenvalue weighted by Crippen LogP contribution is -2.47. The van der Waals surface area contributed by atoms with Gasteiger partial charge in [-0.2, -0.15) is 0 Å². The molecule has 2 N–H and O–H groups in total. The maximum absolute atomic E-state index is 11.9. The van der Waals surface area contributed by atoms with Crippen LogP contribution in [0, 0.1) is 0 Å². The van der Waals surface area contributed by atoms with Crippen molar-refractivity contribution in [3.05, 3.63) is 0 Å². The predicted octanol–water partition coefficient (Wildman–Crippen LogP) is 0.617. The molecule has 1 aliphatic carbocycles. The number of rotatable bonds is 8. The first kappa shape index (κ1) is 14.2. The van der Waals surface area contributed by atoms with E-state index in [0.717, 1.165) is 19.4 Å². The van der Waals surface area contributed by atoms with E-state index in [-0.39, 0.29) is 5.75 Å². The molecule has 2 rings (SSSR count). The number of hydrogen-bond donors (Lipinski definition) is 2. The predicted molar refractivity (Wildman–Crippen MR) is 71.0 cm³/mol. The normalized spacial score (nSPS) is 28.7. The Bertz CT molecular complexity index is 360. The highest BCUT2D eigenvalue weighted by molar-refractivity contribution is 7.89. The summed E-state index contributed by atoms with van der Waals surface area (Å²) in [5, 5.41) is 3.39. The lowest BCUT2D eigenvalue weighted by atomic mass is 10.0. The molecule has 1 saturated carbocycles. The summed E-state index contributed by atoms with van der Waals surface area (Å²) in [6.07, 6.45) is 4.95. The molecule has 6 heteroatoms. The van der Waals surface area contributed by atoms with E-state index in [1.165, 1.54) is 12.8 Å². The summed E-state index contributed by atoms with van der Waals surface area (Å²) in [5.41, 5.74) is -0.398. The summed E-state index contributed by atoms with van der Waals surface area (Å²) in [5.74, 6) is 0.217. The minimum Gasteiger partial charge on any atom is -0.379 e. The van der Waals surface area contributed by atoms with E-state index in [0.29, 0.717) is 25.7 Å². The second-order valence-corrected chi connectivity index (χ2v) is 7.56. The van der Waals surface area contributed by atoms with Gasteiger partial charge in [-0.15, -0.1) is 0 Å². The van der Waals surface area contributed by atoms with Crippen molar-refractivity contribution in [1.29, 1.82) is 0 Å². The van der Waals surface area contributed by atoms with E-state index in [1.54, 1.807) is 0 Å². The van der Waals surface area contributed by atoms with Gasteiger partial charge in [0.05, 0.1) is 17.9 Å². The van der Waals surface area contributed by atoms with Gasteiger partial charge >= 0.3 is 0 Å². The number of unbranched alkanes of at least 4 members (excludes halogenated alkanes) is 1. The molecule has 106 valence electrons. The zero-order chi connectivity index (χ0) is 13.1. The Morgan fingerprint density at radius 1 is 1.33 bits per heavy atom. The summed E-state index contributed by atoms with van der Waals surface area (Å²) in [6, 6.07) is 0.703. The summed E-state index contributed by atoms with van der Waals surface area (Å²) < 4.78 is 31.8. The minimum atomic E-state index is -3.17. The molecule has 2 fully saturated rings. The van der Waals surface area contributed by atoms with Crippen molar-refractivity contribution in [3.63, 3.8) is 0 Å². The molecule has 2 aliphatic rings. The Kier molecular flexibility index (Phi) is 4.64. The summed E-state index contributed by atoms with van der Waals surface area (Å²) in [4.78, 5) is 0. The molecule has 0 spiro atoms. The monoisotopic (exact) mass is 276 g/mol. The van der Waals surface area contributed by atoms with Crippen LogP contribution in [0.3, 0.4) is 0 Å². The molecule has 0 radical (unpaired) electrons. The van der Waals surface area contributed by atoms with Crippen molar-refractivity contribution < 1.29 is 13.2 Å². The largest absolute Gasteiger partial charge is 0.379 e. The molecule has 5 nitrogen and oxygen atoms in total. The van der Waals surface area contributed by atoms with E-state index < -0.39 is 15.6 Å². The molecule has 0 aromatic rings. The molecule has 0 aromatic heterocycles. The van der Waals surface area contributed by atoms with Crippen LogP contribution in [0.2, 0.25) is 0 Å². The van der Waals surface area contributed by atoms with Crippen molar-refractivity contribution in [3.8, 4) is 0 Å². The third kappa shape index (κ3) is 4.84. The lowest BCUT2D eigenvalue weighted by Gasteiger charge is -2.23. The van der Waals surface area contributed by atoms with Gasteiger partial charge in [0.1, 0.15) is 0 Å². The van der Waals surface area contributed by atoms with Crippen LogP contribution < -0.4 is 10.0 Å². The number of ether oxygens (including phenoxy) is 1. The Hall–Kier alpha value is -0.170. The third-order valence-corrected chi connectivity index (χ3v) is 5.10. The van der Waals surface area contributed by atoms with E-state index in [1.807, 2.05) is 6.92 Å². The van der Waals surface area contributed by atoms with Gasteiger partial charge in [0.2, 0.25) is 10.0 Å². The van der Waals surface area contributed by atoms with Crippen molar-refractivity contribution in [2.75, 3.05) is 25.5 Å². The quantitative estimate of drug-likeness (QED) is 0.638. The molecule has 0 aromatic carbocycles. The summed E-state index contributed by atoms with van der Waals surface area (Å²) >= 11 is 0. The summed E-state index contributed by atoms with van der Waals surface area (Å²) in [6.45, 7) is 3.96. The van der Waals surface area contributed by atoms with Gasteiger partial charge in [-0.1, -0.05) is 0 Å². The average molecular weight is 276 g/mol. The van der Waals surface area contributed by atoms with Crippen molar-refractivity contribution >= 4 is 10.0 Å². The number of nitrogens with one attached hydrogen (secondary N) is 2. The molecular weight excluding hydrogens is 252 g/mol. The van der Waals surface area contributed by atoms with Gasteiger partial charge < -0.3 is 10.1 Å². The van der Waals surface area contributed by atoms with Crippen LogP contribution >= 0.6 is 0 Å².